The van der Waals surface area contributed by atoms with E-state index >= 15 is 0 Å². The van der Waals surface area contributed by atoms with E-state index in [2.05, 4.69) is 39.5 Å². The molecule has 0 N–H and O–H groups in total. The Morgan fingerprint density at radius 1 is 1.08 bits per heavy atom. The zero-order chi connectivity index (χ0) is 9.56. The van der Waals surface area contributed by atoms with Crippen LogP contribution < -0.4 is 0 Å². The first-order valence-corrected chi connectivity index (χ1v) is 5.35. The van der Waals surface area contributed by atoms with E-state index in [4.69, 9.17) is 0 Å². The molecule has 0 heterocycles. The molecule has 1 heteroatoms. The van der Waals surface area contributed by atoms with E-state index in [1.54, 1.807) is 0 Å². The summed E-state index contributed by atoms with van der Waals surface area (Å²) in [7, 11) is 0. The Bertz CT molecular complexity index is 99.2. The second-order valence-electron chi connectivity index (χ2n) is 4.15. The van der Waals surface area contributed by atoms with Gasteiger partial charge in [-0.3, -0.25) is 0 Å². The van der Waals surface area contributed by atoms with Gasteiger partial charge in [0, 0.05) is 12.6 Å². The van der Waals surface area contributed by atoms with Crippen molar-refractivity contribution in [1.82, 2.24) is 4.90 Å². The molecule has 0 aliphatic carbocycles. The fourth-order valence-electron chi connectivity index (χ4n) is 1.51. The molecule has 74 valence electrons. The van der Waals surface area contributed by atoms with Crippen LogP contribution in [0.2, 0.25) is 0 Å². The topological polar surface area (TPSA) is 3.24 Å². The van der Waals surface area contributed by atoms with Gasteiger partial charge in [-0.1, -0.05) is 27.7 Å². The van der Waals surface area contributed by atoms with Crippen molar-refractivity contribution in [3.05, 3.63) is 0 Å². The van der Waals surface area contributed by atoms with E-state index in [0.29, 0.717) is 0 Å². The summed E-state index contributed by atoms with van der Waals surface area (Å²) in [6.45, 7) is 14.0. The molecule has 0 saturated heterocycles. The molecule has 1 atom stereocenters. The summed E-state index contributed by atoms with van der Waals surface area (Å²) in [6.07, 6.45) is 2.55. The van der Waals surface area contributed by atoms with Crippen LogP contribution in [0.4, 0.5) is 0 Å². The Morgan fingerprint density at radius 3 is 2.00 bits per heavy atom. The van der Waals surface area contributed by atoms with Crippen molar-refractivity contribution < 1.29 is 0 Å². The minimum absolute atomic E-state index is 0.757. The van der Waals surface area contributed by atoms with Gasteiger partial charge in [0.05, 0.1) is 0 Å². The molecule has 12 heavy (non-hydrogen) atoms. The average molecular weight is 171 g/mol. The zero-order valence-electron chi connectivity index (χ0n) is 9.43. The maximum Gasteiger partial charge on any atom is 0.00644 e. The highest BCUT2D eigenvalue weighted by Crippen LogP contribution is 2.07. The van der Waals surface area contributed by atoms with E-state index in [1.165, 1.54) is 25.9 Å². The summed E-state index contributed by atoms with van der Waals surface area (Å²) in [5, 5.41) is 0. The van der Waals surface area contributed by atoms with Gasteiger partial charge in [0.2, 0.25) is 0 Å². The third kappa shape index (κ3) is 4.76. The van der Waals surface area contributed by atoms with E-state index in [1.807, 2.05) is 0 Å². The van der Waals surface area contributed by atoms with Gasteiger partial charge in [-0.15, -0.1) is 0 Å². The first-order chi connectivity index (χ1) is 5.61. The summed E-state index contributed by atoms with van der Waals surface area (Å²) in [6, 6.07) is 0.757. The van der Waals surface area contributed by atoms with E-state index in [0.717, 1.165) is 12.0 Å². The smallest absolute Gasteiger partial charge is 0.00644 e. The van der Waals surface area contributed by atoms with Crippen LogP contribution in [-0.4, -0.2) is 24.0 Å². The number of rotatable bonds is 6. The predicted molar refractivity (Wildman–Crippen MR) is 56.5 cm³/mol. The molecular weight excluding hydrogens is 146 g/mol. The Balaban J connectivity index is 3.84. The van der Waals surface area contributed by atoms with Crippen LogP contribution in [0.25, 0.3) is 0 Å². The second-order valence-corrected chi connectivity index (χ2v) is 4.15. The molecule has 0 spiro atoms. The predicted octanol–water partition coefficient (Wildman–Crippen LogP) is 3.15. The maximum atomic E-state index is 2.60. The maximum absolute atomic E-state index is 2.60. The minimum atomic E-state index is 0.757. The molecule has 1 unspecified atom stereocenters. The third-order valence-electron chi connectivity index (χ3n) is 2.32. The largest absolute Gasteiger partial charge is 0.300 e. The molecule has 0 aromatic carbocycles. The van der Waals surface area contributed by atoms with Gasteiger partial charge in [0.1, 0.15) is 0 Å². The van der Waals surface area contributed by atoms with Crippen LogP contribution in [0.3, 0.4) is 0 Å². The van der Waals surface area contributed by atoms with Crippen LogP contribution in [0.1, 0.15) is 47.5 Å². The van der Waals surface area contributed by atoms with Gasteiger partial charge >= 0.3 is 0 Å². The van der Waals surface area contributed by atoms with E-state index < -0.39 is 0 Å². The lowest BCUT2D eigenvalue weighted by molar-refractivity contribution is 0.182. The number of hydrogen-bond acceptors (Lipinski definition) is 1. The molecule has 1 nitrogen and oxygen atoms in total. The summed E-state index contributed by atoms with van der Waals surface area (Å²) in [5.41, 5.74) is 0. The molecule has 0 aliphatic heterocycles. The first-order valence-electron chi connectivity index (χ1n) is 5.35. The fraction of sp³-hybridized carbons (Fsp3) is 1.00. The number of hydrogen-bond donors (Lipinski definition) is 0. The van der Waals surface area contributed by atoms with Crippen LogP contribution in [0.5, 0.6) is 0 Å². The lowest BCUT2D eigenvalue weighted by Gasteiger charge is -2.29. The van der Waals surface area contributed by atoms with E-state index in [-0.39, 0.29) is 0 Å². The van der Waals surface area contributed by atoms with Gasteiger partial charge < -0.3 is 4.90 Å². The van der Waals surface area contributed by atoms with Crippen molar-refractivity contribution in [3.8, 4) is 0 Å². The quantitative estimate of drug-likeness (QED) is 0.593. The average Bonchev–Trinajstić information content (AvgIpc) is 2.01. The molecule has 0 aromatic heterocycles. The highest BCUT2D eigenvalue weighted by molar-refractivity contribution is 4.66. The van der Waals surface area contributed by atoms with Gasteiger partial charge in [0.15, 0.2) is 0 Å². The van der Waals surface area contributed by atoms with Crippen LogP contribution in [0.15, 0.2) is 0 Å². The molecule has 0 fully saturated rings. The molecule has 0 saturated carbocycles. The molecule has 0 amide bonds. The molecule has 0 aromatic rings. The third-order valence-corrected chi connectivity index (χ3v) is 2.32. The summed E-state index contributed by atoms with van der Waals surface area (Å²) in [5.74, 6) is 0.797. The Kier molecular flexibility index (Phi) is 6.45. The highest BCUT2D eigenvalue weighted by atomic mass is 15.1. The SMILES string of the molecule is CCCN(CC(C)C)C(C)CC. The van der Waals surface area contributed by atoms with Gasteiger partial charge in [-0.05, 0) is 32.2 Å². The monoisotopic (exact) mass is 171 g/mol. The van der Waals surface area contributed by atoms with Gasteiger partial charge in [0.25, 0.3) is 0 Å². The Labute approximate surface area is 78.1 Å². The highest BCUT2D eigenvalue weighted by Gasteiger charge is 2.11. The minimum Gasteiger partial charge on any atom is -0.300 e. The van der Waals surface area contributed by atoms with Crippen molar-refractivity contribution in [2.24, 2.45) is 5.92 Å². The molecule has 0 rings (SSSR count). The normalized spacial score (nSPS) is 14.2. The first kappa shape index (κ1) is 12.0. The van der Waals surface area contributed by atoms with Gasteiger partial charge in [-0.25, -0.2) is 0 Å². The lowest BCUT2D eigenvalue weighted by atomic mass is 10.1. The van der Waals surface area contributed by atoms with Crippen LogP contribution in [-0.2, 0) is 0 Å². The fourth-order valence-corrected chi connectivity index (χ4v) is 1.51. The van der Waals surface area contributed by atoms with E-state index in [9.17, 15) is 0 Å². The van der Waals surface area contributed by atoms with Crippen LogP contribution >= 0.6 is 0 Å². The molecular formula is C11H25N. The van der Waals surface area contributed by atoms with Gasteiger partial charge in [-0.2, -0.15) is 0 Å². The molecule has 0 radical (unpaired) electrons. The Morgan fingerprint density at radius 2 is 1.67 bits per heavy atom. The Hall–Kier alpha value is -0.0400. The van der Waals surface area contributed by atoms with Crippen molar-refractivity contribution in [2.75, 3.05) is 13.1 Å². The molecule has 0 aliphatic rings. The zero-order valence-corrected chi connectivity index (χ0v) is 9.43. The summed E-state index contributed by atoms with van der Waals surface area (Å²) >= 11 is 0. The summed E-state index contributed by atoms with van der Waals surface area (Å²) < 4.78 is 0. The van der Waals surface area contributed by atoms with Crippen molar-refractivity contribution in [1.29, 1.82) is 0 Å². The lowest BCUT2D eigenvalue weighted by Crippen LogP contribution is -2.36. The number of nitrogens with zero attached hydrogens (tertiary/aromatic N) is 1. The van der Waals surface area contributed by atoms with Crippen molar-refractivity contribution in [3.63, 3.8) is 0 Å². The van der Waals surface area contributed by atoms with Crippen LogP contribution in [0, 0.1) is 5.92 Å². The van der Waals surface area contributed by atoms with Crippen molar-refractivity contribution in [2.45, 2.75) is 53.5 Å². The second kappa shape index (κ2) is 6.47. The molecule has 0 bridgehead atoms. The summed E-state index contributed by atoms with van der Waals surface area (Å²) in [4.78, 5) is 2.60. The standard InChI is InChI=1S/C11H25N/c1-6-8-12(9-10(3)4)11(5)7-2/h10-11H,6-9H2,1-5H3. The van der Waals surface area contributed by atoms with Crippen molar-refractivity contribution >= 4 is 0 Å².